The van der Waals surface area contributed by atoms with Crippen molar-refractivity contribution in [2.75, 3.05) is 53.2 Å². The fraction of sp³-hybridized carbons (Fsp3) is 0.294. The van der Waals surface area contributed by atoms with Gasteiger partial charge in [0.15, 0.2) is 0 Å². The highest BCUT2D eigenvalue weighted by Crippen LogP contribution is 2.37. The summed E-state index contributed by atoms with van der Waals surface area (Å²) in [6, 6.07) is 18.5. The fourth-order valence-electron chi connectivity index (χ4n) is 4.25. The van der Waals surface area contributed by atoms with Crippen LogP contribution in [0.3, 0.4) is 0 Å². The molecule has 0 radical (unpaired) electrons. The number of rotatable bonds is 15. The molecular weight excluding hydrogens is 672 g/mol. The quantitative estimate of drug-likeness (QED) is 0.0659. The van der Waals surface area contributed by atoms with Crippen molar-refractivity contribution >= 4 is 52.5 Å². The Morgan fingerprint density at radius 2 is 1.52 bits per heavy atom. The van der Waals surface area contributed by atoms with E-state index in [4.69, 9.17) is 36.5 Å². The Balaban J connectivity index is 1.34. The Labute approximate surface area is 292 Å². The predicted molar refractivity (Wildman–Crippen MR) is 185 cm³/mol. The van der Waals surface area contributed by atoms with E-state index in [1.165, 1.54) is 23.1 Å². The predicted octanol–water partition coefficient (Wildman–Crippen LogP) is 6.09. The van der Waals surface area contributed by atoms with Crippen LogP contribution < -0.4 is 10.5 Å². The minimum Gasteiger partial charge on any atom is -0.490 e. The molecule has 0 saturated carbocycles. The van der Waals surface area contributed by atoms with Crippen molar-refractivity contribution in [1.82, 2.24) is 9.97 Å². The summed E-state index contributed by atoms with van der Waals surface area (Å²) in [6.45, 7) is 1.04. The average Bonchev–Trinajstić information content (AvgIpc) is 3.53. The van der Waals surface area contributed by atoms with Crippen LogP contribution in [-0.2, 0) is 24.8 Å². The third-order valence-corrected chi connectivity index (χ3v) is 8.93. The summed E-state index contributed by atoms with van der Waals surface area (Å²) in [6.07, 6.45) is -0.132. The number of carbonyl (C=O) groups excluding carboxylic acids is 2. The summed E-state index contributed by atoms with van der Waals surface area (Å²) < 4.78 is 16.7. The number of hydrogen-bond donors (Lipinski definition) is 1. The number of esters is 2. The molecule has 0 aliphatic rings. The van der Waals surface area contributed by atoms with Gasteiger partial charge in [0.2, 0.25) is 0 Å². The van der Waals surface area contributed by atoms with E-state index in [-0.39, 0.29) is 49.6 Å². The number of carbonyl (C=O) groups is 2. The van der Waals surface area contributed by atoms with Crippen molar-refractivity contribution in [3.8, 4) is 39.6 Å². The lowest BCUT2D eigenvalue weighted by Gasteiger charge is -2.23. The van der Waals surface area contributed by atoms with E-state index < -0.39 is 11.9 Å². The summed E-state index contributed by atoms with van der Waals surface area (Å²) in [7, 11) is 5.98. The van der Waals surface area contributed by atoms with Gasteiger partial charge >= 0.3 is 11.9 Å². The minimum atomic E-state index is -0.522. The molecule has 0 fully saturated rings. The zero-order valence-corrected chi connectivity index (χ0v) is 29.1. The van der Waals surface area contributed by atoms with Crippen molar-refractivity contribution in [3.63, 3.8) is 0 Å². The lowest BCUT2D eigenvalue weighted by atomic mass is 9.97. The molecule has 0 bridgehead atoms. The number of thioether (sulfide) groups is 1. The number of benzene rings is 2. The average molecular weight is 706 g/mol. The van der Waals surface area contributed by atoms with E-state index in [1.807, 2.05) is 50.8 Å². The van der Waals surface area contributed by atoms with E-state index in [0.717, 1.165) is 16.3 Å². The maximum atomic E-state index is 12.0. The maximum absolute atomic E-state index is 12.0. The first kappa shape index (κ1) is 36.2. The largest absolute Gasteiger partial charge is 0.490 e. The van der Waals surface area contributed by atoms with Gasteiger partial charge in [-0.2, -0.15) is 10.5 Å². The van der Waals surface area contributed by atoms with Crippen molar-refractivity contribution in [2.45, 2.75) is 23.6 Å². The Morgan fingerprint density at radius 1 is 0.896 bits per heavy atom. The second kappa shape index (κ2) is 16.9. The van der Waals surface area contributed by atoms with Crippen molar-refractivity contribution in [2.24, 2.45) is 0 Å². The summed E-state index contributed by atoms with van der Waals surface area (Å²) in [5.41, 5.74) is 9.26. The van der Waals surface area contributed by atoms with Gasteiger partial charge in [0.25, 0.3) is 0 Å². The zero-order chi connectivity index (χ0) is 34.7. The molecule has 2 N–H and O–H groups in total. The van der Waals surface area contributed by atoms with Crippen molar-refractivity contribution < 1.29 is 28.3 Å². The number of nitrogens with two attached hydrogens (primary N) is 1. The number of anilines is 1. The number of pyridine rings is 1. The van der Waals surface area contributed by atoms with Gasteiger partial charge in [0.05, 0.1) is 45.2 Å². The number of thiazole rings is 1. The van der Waals surface area contributed by atoms with Crippen LogP contribution in [-0.4, -0.2) is 73.9 Å². The minimum absolute atomic E-state index is 0.00402. The second-order valence-corrected chi connectivity index (χ2v) is 13.7. The number of halogens is 1. The molecule has 11 nitrogen and oxygen atoms in total. The number of nitrogens with zero attached hydrogens (tertiary/aromatic N) is 5. The second-order valence-electron chi connectivity index (χ2n) is 11.4. The number of nitriles is 2. The van der Waals surface area contributed by atoms with Crippen LogP contribution in [0.2, 0.25) is 5.02 Å². The lowest BCUT2D eigenvalue weighted by Crippen LogP contribution is -2.38. The molecule has 2 aromatic carbocycles. The van der Waals surface area contributed by atoms with Crippen LogP contribution >= 0.6 is 34.7 Å². The van der Waals surface area contributed by atoms with E-state index in [9.17, 15) is 20.1 Å². The van der Waals surface area contributed by atoms with Gasteiger partial charge in [-0.25, -0.2) is 9.97 Å². The molecule has 0 atom stereocenters. The molecule has 0 aliphatic heterocycles. The van der Waals surface area contributed by atoms with Gasteiger partial charge in [0.1, 0.15) is 65.7 Å². The smallest absolute Gasteiger partial charge is 0.306 e. The van der Waals surface area contributed by atoms with Crippen molar-refractivity contribution in [1.29, 1.82) is 10.5 Å². The van der Waals surface area contributed by atoms with Gasteiger partial charge in [-0.1, -0.05) is 47.6 Å². The number of aromatic nitrogens is 2. The Morgan fingerprint density at radius 3 is 2.15 bits per heavy atom. The van der Waals surface area contributed by atoms with Crippen LogP contribution in [0.4, 0.5) is 5.82 Å². The van der Waals surface area contributed by atoms with Crippen LogP contribution in [0.15, 0.2) is 58.9 Å². The molecule has 4 aromatic rings. The monoisotopic (exact) mass is 705 g/mol. The van der Waals surface area contributed by atoms with E-state index in [2.05, 4.69) is 17.1 Å². The van der Waals surface area contributed by atoms with Gasteiger partial charge in [-0.3, -0.25) is 9.59 Å². The van der Waals surface area contributed by atoms with Gasteiger partial charge in [0, 0.05) is 27.3 Å². The number of hydrogen-bond acceptors (Lipinski definition) is 12. The molecule has 4 rings (SSSR count). The summed E-state index contributed by atoms with van der Waals surface area (Å²) in [5.74, 6) is -0.0143. The first-order valence-electron chi connectivity index (χ1n) is 14.8. The molecule has 0 saturated heterocycles. The van der Waals surface area contributed by atoms with Crippen LogP contribution in [0.25, 0.3) is 21.7 Å². The van der Waals surface area contributed by atoms with Crippen LogP contribution in [0.1, 0.15) is 29.7 Å². The number of nitrogen functional groups attached to an aromatic ring is 1. The highest BCUT2D eigenvalue weighted by atomic mass is 35.5. The Kier molecular flexibility index (Phi) is 12.8. The Bertz CT molecular complexity index is 1830. The number of quaternary nitrogens is 1. The first-order valence-corrected chi connectivity index (χ1v) is 17.0. The normalized spacial score (nSPS) is 11.0. The van der Waals surface area contributed by atoms with Crippen LogP contribution in [0.5, 0.6) is 5.75 Å². The van der Waals surface area contributed by atoms with Gasteiger partial charge in [-0.05, 0) is 29.8 Å². The number of likely N-dealkylation sites (N-methyl/N-ethyl adjacent to an activating group) is 1. The molecule has 0 amide bonds. The summed E-state index contributed by atoms with van der Waals surface area (Å²) >= 11 is 8.82. The highest BCUT2D eigenvalue weighted by molar-refractivity contribution is 7.98. The van der Waals surface area contributed by atoms with E-state index >= 15 is 0 Å². The first-order chi connectivity index (χ1) is 23.0. The maximum Gasteiger partial charge on any atom is 0.306 e. The molecule has 48 heavy (non-hydrogen) atoms. The van der Waals surface area contributed by atoms with Crippen molar-refractivity contribution in [3.05, 3.63) is 75.8 Å². The molecule has 248 valence electrons. The fourth-order valence-corrected chi connectivity index (χ4v) is 6.19. The molecule has 2 aromatic heterocycles. The molecule has 2 heterocycles. The SMILES string of the molecule is C[N+](C)(C)CCOC(=O)CCC(=O)OCCOc1ccc(-c2c(C#N)c(N)nc(SCc3csc(-c4ccc(Cl)cc4)n3)c2C#N)cc1. The molecule has 0 unspecified atom stereocenters. The van der Waals surface area contributed by atoms with E-state index in [0.29, 0.717) is 43.7 Å². The molecule has 14 heteroatoms. The third kappa shape index (κ3) is 10.4. The zero-order valence-electron chi connectivity index (χ0n) is 26.7. The standard InChI is InChI=1S/C34H34ClN6O5S2/c1-41(2,3)14-15-45-29(42)12-13-30(43)46-17-16-44-26-10-6-22(7-11-26)31-27(18-36)32(38)40-34(28(31)19-37)48-21-25-20-47-33(39-25)23-4-8-24(35)9-5-23/h4-11,20H,12-17,21H2,1-3H3,(H2,38,40)/q+1. The molecular formula is C34H34ClN6O5S2+. The topological polar surface area (TPSA) is 161 Å². The van der Waals surface area contributed by atoms with Gasteiger partial charge < -0.3 is 24.4 Å². The van der Waals surface area contributed by atoms with Crippen LogP contribution in [0, 0.1) is 22.7 Å². The lowest BCUT2D eigenvalue weighted by molar-refractivity contribution is -0.870. The summed E-state index contributed by atoms with van der Waals surface area (Å²) in [4.78, 5) is 32.9. The van der Waals surface area contributed by atoms with Gasteiger partial charge in [-0.15, -0.1) is 11.3 Å². The van der Waals surface area contributed by atoms with E-state index in [1.54, 1.807) is 24.3 Å². The highest BCUT2D eigenvalue weighted by Gasteiger charge is 2.21. The third-order valence-electron chi connectivity index (χ3n) is 6.73. The number of ether oxygens (including phenoxy) is 3. The molecule has 0 spiro atoms. The Hall–Kier alpha value is -4.66. The summed E-state index contributed by atoms with van der Waals surface area (Å²) in [5, 5.41) is 23.9. The molecule has 0 aliphatic carbocycles.